The highest BCUT2D eigenvalue weighted by Crippen LogP contribution is 2.23. The third-order valence-electron chi connectivity index (χ3n) is 2.75. The van der Waals surface area contributed by atoms with Gasteiger partial charge in [-0.25, -0.2) is 9.59 Å². The second-order valence-corrected chi connectivity index (χ2v) is 5.05. The first-order chi connectivity index (χ1) is 9.93. The Kier molecular flexibility index (Phi) is 6.52. The SMILES string of the molecule is CCOc1ccccc1NC(=O)N[C@@H](CC(C)C)C(=O)O. The molecule has 0 saturated heterocycles. The van der Waals surface area contributed by atoms with E-state index >= 15 is 0 Å². The number of ether oxygens (including phenoxy) is 1. The van der Waals surface area contributed by atoms with Crippen molar-refractivity contribution >= 4 is 17.7 Å². The number of carbonyl (C=O) groups excluding carboxylic acids is 1. The third-order valence-corrected chi connectivity index (χ3v) is 2.75. The summed E-state index contributed by atoms with van der Waals surface area (Å²) in [5, 5.41) is 14.2. The molecule has 1 rings (SSSR count). The van der Waals surface area contributed by atoms with Gasteiger partial charge in [0.2, 0.25) is 0 Å². The van der Waals surface area contributed by atoms with E-state index in [0.29, 0.717) is 24.5 Å². The Morgan fingerprint density at radius 1 is 1.29 bits per heavy atom. The van der Waals surface area contributed by atoms with Crippen LogP contribution in [-0.4, -0.2) is 29.8 Å². The normalized spacial score (nSPS) is 11.8. The van der Waals surface area contributed by atoms with E-state index in [1.54, 1.807) is 24.3 Å². The zero-order valence-electron chi connectivity index (χ0n) is 12.6. The summed E-state index contributed by atoms with van der Waals surface area (Å²) in [6, 6.07) is 5.53. The number of anilines is 1. The monoisotopic (exact) mass is 294 g/mol. The van der Waals surface area contributed by atoms with Crippen LogP contribution < -0.4 is 15.4 Å². The van der Waals surface area contributed by atoms with Gasteiger partial charge in [0.25, 0.3) is 0 Å². The zero-order valence-corrected chi connectivity index (χ0v) is 12.6. The van der Waals surface area contributed by atoms with Crippen molar-refractivity contribution in [3.05, 3.63) is 24.3 Å². The summed E-state index contributed by atoms with van der Waals surface area (Å²) in [6.45, 7) is 6.13. The zero-order chi connectivity index (χ0) is 15.8. The molecule has 0 aliphatic heterocycles. The Hall–Kier alpha value is -2.24. The van der Waals surface area contributed by atoms with Gasteiger partial charge in [0.15, 0.2) is 0 Å². The summed E-state index contributed by atoms with van der Waals surface area (Å²) in [5.41, 5.74) is 0.505. The van der Waals surface area contributed by atoms with Gasteiger partial charge >= 0.3 is 12.0 Å². The molecule has 0 aliphatic rings. The van der Waals surface area contributed by atoms with E-state index in [1.807, 2.05) is 20.8 Å². The fourth-order valence-corrected chi connectivity index (χ4v) is 1.86. The topological polar surface area (TPSA) is 87.7 Å². The number of aliphatic carboxylic acids is 1. The lowest BCUT2D eigenvalue weighted by Crippen LogP contribution is -2.43. The van der Waals surface area contributed by atoms with E-state index in [0.717, 1.165) is 0 Å². The average molecular weight is 294 g/mol. The van der Waals surface area contributed by atoms with Crippen LogP contribution in [0.4, 0.5) is 10.5 Å². The molecule has 3 N–H and O–H groups in total. The fraction of sp³-hybridized carbons (Fsp3) is 0.467. The van der Waals surface area contributed by atoms with Crippen LogP contribution in [0, 0.1) is 5.92 Å². The lowest BCUT2D eigenvalue weighted by atomic mass is 10.0. The number of urea groups is 1. The summed E-state index contributed by atoms with van der Waals surface area (Å²) in [7, 11) is 0. The Morgan fingerprint density at radius 3 is 2.52 bits per heavy atom. The minimum Gasteiger partial charge on any atom is -0.492 e. The number of nitrogens with one attached hydrogen (secondary N) is 2. The molecule has 21 heavy (non-hydrogen) atoms. The smallest absolute Gasteiger partial charge is 0.326 e. The summed E-state index contributed by atoms with van der Waals surface area (Å²) in [4.78, 5) is 23.0. The van der Waals surface area contributed by atoms with Crippen LogP contribution >= 0.6 is 0 Å². The third kappa shape index (κ3) is 5.72. The predicted octanol–water partition coefficient (Wildman–Crippen LogP) is 2.71. The van der Waals surface area contributed by atoms with Gasteiger partial charge < -0.3 is 20.5 Å². The molecule has 0 unspecified atom stereocenters. The van der Waals surface area contributed by atoms with Gasteiger partial charge in [-0.1, -0.05) is 26.0 Å². The van der Waals surface area contributed by atoms with Crippen molar-refractivity contribution in [1.29, 1.82) is 0 Å². The summed E-state index contributed by atoms with van der Waals surface area (Å²) < 4.78 is 5.40. The number of carboxylic acid groups (broad SMARTS) is 1. The molecule has 0 bridgehead atoms. The van der Waals surface area contributed by atoms with Gasteiger partial charge in [-0.15, -0.1) is 0 Å². The van der Waals surface area contributed by atoms with Crippen LogP contribution in [0.5, 0.6) is 5.75 Å². The summed E-state index contributed by atoms with van der Waals surface area (Å²) in [5.74, 6) is -0.329. The van der Waals surface area contributed by atoms with Gasteiger partial charge in [-0.2, -0.15) is 0 Å². The Morgan fingerprint density at radius 2 is 1.95 bits per heavy atom. The molecule has 0 heterocycles. The van der Waals surface area contributed by atoms with Crippen molar-refractivity contribution < 1.29 is 19.4 Å². The largest absolute Gasteiger partial charge is 0.492 e. The van der Waals surface area contributed by atoms with E-state index < -0.39 is 18.0 Å². The quantitative estimate of drug-likeness (QED) is 0.721. The molecule has 0 saturated carbocycles. The van der Waals surface area contributed by atoms with Crippen LogP contribution in [0.3, 0.4) is 0 Å². The number of benzene rings is 1. The molecule has 1 aromatic rings. The van der Waals surface area contributed by atoms with Crippen molar-refractivity contribution in [3.63, 3.8) is 0 Å². The van der Waals surface area contributed by atoms with E-state index in [9.17, 15) is 9.59 Å². The highest BCUT2D eigenvalue weighted by molar-refractivity contribution is 5.93. The summed E-state index contributed by atoms with van der Waals surface area (Å²) in [6.07, 6.45) is 0.371. The average Bonchev–Trinajstić information content (AvgIpc) is 2.40. The Balaban J connectivity index is 2.70. The van der Waals surface area contributed by atoms with Crippen molar-refractivity contribution in [2.24, 2.45) is 5.92 Å². The fourth-order valence-electron chi connectivity index (χ4n) is 1.86. The summed E-state index contributed by atoms with van der Waals surface area (Å²) >= 11 is 0. The van der Waals surface area contributed by atoms with Crippen molar-refractivity contribution in [2.45, 2.75) is 33.2 Å². The predicted molar refractivity (Wildman–Crippen MR) is 80.6 cm³/mol. The molecule has 0 aromatic heterocycles. The molecule has 0 radical (unpaired) electrons. The van der Waals surface area contributed by atoms with Gasteiger partial charge in [-0.3, -0.25) is 0 Å². The molecular formula is C15H22N2O4. The second kappa shape index (κ2) is 8.14. The molecule has 1 atom stereocenters. The Labute approximate surface area is 124 Å². The van der Waals surface area contributed by atoms with Crippen LogP contribution in [0.15, 0.2) is 24.3 Å². The molecule has 0 spiro atoms. The maximum Gasteiger partial charge on any atom is 0.326 e. The highest BCUT2D eigenvalue weighted by atomic mass is 16.5. The highest BCUT2D eigenvalue weighted by Gasteiger charge is 2.21. The van der Waals surface area contributed by atoms with Crippen LogP contribution in [0.2, 0.25) is 0 Å². The van der Waals surface area contributed by atoms with Crippen LogP contribution in [-0.2, 0) is 4.79 Å². The maximum absolute atomic E-state index is 11.9. The number of carbonyl (C=O) groups is 2. The first-order valence-corrected chi connectivity index (χ1v) is 6.96. The Bertz CT molecular complexity index is 488. The minimum atomic E-state index is -1.04. The van der Waals surface area contributed by atoms with E-state index in [4.69, 9.17) is 9.84 Å². The van der Waals surface area contributed by atoms with Crippen LogP contribution in [0.25, 0.3) is 0 Å². The van der Waals surface area contributed by atoms with E-state index in [1.165, 1.54) is 0 Å². The minimum absolute atomic E-state index is 0.169. The number of amides is 2. The molecular weight excluding hydrogens is 272 g/mol. The van der Waals surface area contributed by atoms with Crippen molar-refractivity contribution in [3.8, 4) is 5.75 Å². The standard InChI is InChI=1S/C15H22N2O4/c1-4-21-13-8-6-5-7-11(13)16-15(20)17-12(14(18)19)9-10(2)3/h5-8,10,12H,4,9H2,1-3H3,(H,18,19)(H2,16,17,20)/t12-/m0/s1. The van der Waals surface area contributed by atoms with Crippen molar-refractivity contribution in [1.82, 2.24) is 5.32 Å². The lowest BCUT2D eigenvalue weighted by Gasteiger charge is -2.17. The van der Waals surface area contributed by atoms with E-state index in [2.05, 4.69) is 10.6 Å². The van der Waals surface area contributed by atoms with Gasteiger partial charge in [0.1, 0.15) is 11.8 Å². The van der Waals surface area contributed by atoms with Gasteiger partial charge in [0, 0.05) is 0 Å². The number of hydrogen-bond donors (Lipinski definition) is 3. The van der Waals surface area contributed by atoms with E-state index in [-0.39, 0.29) is 5.92 Å². The molecule has 2 amide bonds. The molecule has 6 heteroatoms. The second-order valence-electron chi connectivity index (χ2n) is 5.05. The van der Waals surface area contributed by atoms with Gasteiger partial charge in [0.05, 0.1) is 12.3 Å². The van der Waals surface area contributed by atoms with Crippen molar-refractivity contribution in [2.75, 3.05) is 11.9 Å². The number of carboxylic acids is 1. The maximum atomic E-state index is 11.9. The van der Waals surface area contributed by atoms with Crippen LogP contribution in [0.1, 0.15) is 27.2 Å². The molecule has 116 valence electrons. The number of rotatable bonds is 7. The lowest BCUT2D eigenvalue weighted by molar-refractivity contribution is -0.139. The number of para-hydroxylation sites is 2. The molecule has 0 fully saturated rings. The molecule has 0 aliphatic carbocycles. The molecule has 1 aromatic carbocycles. The van der Waals surface area contributed by atoms with Gasteiger partial charge in [-0.05, 0) is 31.4 Å². The molecule has 6 nitrogen and oxygen atoms in total. The first kappa shape index (κ1) is 16.8. The first-order valence-electron chi connectivity index (χ1n) is 6.96. The number of hydrogen-bond acceptors (Lipinski definition) is 3.